The minimum Gasteiger partial charge on any atom is -1.00 e. The van der Waals surface area contributed by atoms with Crippen molar-refractivity contribution in [3.05, 3.63) is 0 Å². The normalized spacial score (nSPS) is 25.6. The van der Waals surface area contributed by atoms with Crippen LogP contribution < -0.4 is 46.5 Å². The summed E-state index contributed by atoms with van der Waals surface area (Å²) in [5.41, 5.74) is -0.0799. The summed E-state index contributed by atoms with van der Waals surface area (Å²) in [4.78, 5) is 0. The minimum absolute atomic E-state index is 0. The molecule has 4 heteroatoms. The van der Waals surface area contributed by atoms with Gasteiger partial charge in [-0.1, -0.05) is 0 Å². The molecule has 74 valence electrons. The zero-order chi connectivity index (χ0) is 8.70. The minimum atomic E-state index is -0.0399. The predicted octanol–water partition coefficient (Wildman–Crippen LogP) is -3.57. The fourth-order valence-electron chi connectivity index (χ4n) is 1.98. The molecule has 0 saturated carbocycles. The molecule has 1 aliphatic heterocycles. The number of hydroxylamine groups is 2. The van der Waals surface area contributed by atoms with Gasteiger partial charge in [0.25, 0.3) is 0 Å². The van der Waals surface area contributed by atoms with Crippen LogP contribution in [0.5, 0.6) is 0 Å². The molecule has 0 bridgehead atoms. The van der Waals surface area contributed by atoms with Crippen molar-refractivity contribution in [1.82, 2.24) is 5.06 Å². The van der Waals surface area contributed by atoms with Crippen molar-refractivity contribution >= 4 is 0 Å². The Hall–Kier alpha value is 1.40. The van der Waals surface area contributed by atoms with Gasteiger partial charge in [-0.25, -0.2) is 0 Å². The Morgan fingerprint density at radius 1 is 1.00 bits per heavy atom. The Morgan fingerprint density at radius 3 is 1.54 bits per heavy atom. The van der Waals surface area contributed by atoms with E-state index in [4.69, 9.17) is 0 Å². The molecule has 1 heterocycles. The van der Waals surface area contributed by atoms with Crippen LogP contribution in [0, 0.1) is 0 Å². The fraction of sp³-hybridized carbons (Fsp3) is 1.00. The van der Waals surface area contributed by atoms with E-state index in [1.807, 2.05) is 0 Å². The molecule has 1 N–H and O–H groups in total. The summed E-state index contributed by atoms with van der Waals surface area (Å²) < 4.78 is 0. The first kappa shape index (κ1) is 16.8. The van der Waals surface area contributed by atoms with Crippen LogP contribution in [0.15, 0.2) is 0 Å². The summed E-state index contributed by atoms with van der Waals surface area (Å²) in [6, 6.07) is 0. The molecule has 1 aliphatic rings. The molecule has 0 amide bonds. The van der Waals surface area contributed by atoms with Gasteiger partial charge in [-0.15, -0.1) is 0 Å². The van der Waals surface area contributed by atoms with Crippen molar-refractivity contribution in [2.45, 2.75) is 58.0 Å². The van der Waals surface area contributed by atoms with Crippen LogP contribution in [0.3, 0.4) is 0 Å². The average Bonchev–Trinajstić information content (AvgIpc) is 1.82. The molecule has 0 aliphatic carbocycles. The molecule has 0 spiro atoms. The molecular formula is C9H19BrNNaO. The topological polar surface area (TPSA) is 23.5 Å². The van der Waals surface area contributed by atoms with Crippen molar-refractivity contribution < 1.29 is 51.7 Å². The summed E-state index contributed by atoms with van der Waals surface area (Å²) in [7, 11) is 0. The Labute approximate surface area is 114 Å². The van der Waals surface area contributed by atoms with E-state index in [1.165, 1.54) is 11.5 Å². The molecule has 13 heavy (non-hydrogen) atoms. The quantitative estimate of drug-likeness (QED) is 0.455. The molecule has 2 nitrogen and oxygen atoms in total. The monoisotopic (exact) mass is 259 g/mol. The first-order valence-corrected chi connectivity index (χ1v) is 4.35. The van der Waals surface area contributed by atoms with Gasteiger partial charge in [-0.3, -0.25) is 0 Å². The zero-order valence-corrected chi connectivity index (χ0v) is 13.0. The van der Waals surface area contributed by atoms with Gasteiger partial charge in [0.15, 0.2) is 0 Å². The van der Waals surface area contributed by atoms with Gasteiger partial charge in [-0.2, -0.15) is 5.06 Å². The van der Waals surface area contributed by atoms with Gasteiger partial charge < -0.3 is 22.2 Å². The van der Waals surface area contributed by atoms with Crippen LogP contribution in [-0.4, -0.2) is 21.3 Å². The molecule has 1 rings (SSSR count). The Morgan fingerprint density at radius 2 is 1.31 bits per heavy atom. The number of nitrogens with zero attached hydrogens (tertiary/aromatic N) is 1. The summed E-state index contributed by atoms with van der Waals surface area (Å²) in [6.45, 7) is 8.36. The molecule has 0 aromatic rings. The molecule has 0 unspecified atom stereocenters. The van der Waals surface area contributed by atoms with Crippen molar-refractivity contribution in [2.24, 2.45) is 0 Å². The van der Waals surface area contributed by atoms with Gasteiger partial charge in [0.05, 0.1) is 0 Å². The Kier molecular flexibility index (Phi) is 7.08. The second-order valence-corrected chi connectivity index (χ2v) is 4.79. The van der Waals surface area contributed by atoms with Crippen molar-refractivity contribution in [1.29, 1.82) is 0 Å². The van der Waals surface area contributed by atoms with Crippen LogP contribution in [-0.2, 0) is 0 Å². The zero-order valence-electron chi connectivity index (χ0n) is 9.39. The largest absolute Gasteiger partial charge is 1.00 e. The van der Waals surface area contributed by atoms with E-state index >= 15 is 0 Å². The van der Waals surface area contributed by atoms with Crippen LogP contribution in [0.2, 0.25) is 0 Å². The van der Waals surface area contributed by atoms with E-state index in [0.29, 0.717) is 0 Å². The number of hydrogen-bond acceptors (Lipinski definition) is 2. The molecular weight excluding hydrogens is 241 g/mol. The van der Waals surface area contributed by atoms with Crippen LogP contribution in [0.1, 0.15) is 47.0 Å². The molecule has 0 aromatic heterocycles. The van der Waals surface area contributed by atoms with Crippen molar-refractivity contribution in [2.75, 3.05) is 0 Å². The molecule has 0 atom stereocenters. The predicted molar refractivity (Wildman–Crippen MR) is 45.6 cm³/mol. The summed E-state index contributed by atoms with van der Waals surface area (Å²) >= 11 is 0. The van der Waals surface area contributed by atoms with E-state index in [-0.39, 0.29) is 57.6 Å². The molecule has 0 aromatic carbocycles. The number of rotatable bonds is 0. The molecule has 0 radical (unpaired) electrons. The van der Waals surface area contributed by atoms with Crippen molar-refractivity contribution in [3.63, 3.8) is 0 Å². The van der Waals surface area contributed by atoms with Crippen molar-refractivity contribution in [3.8, 4) is 0 Å². The fourth-order valence-corrected chi connectivity index (χ4v) is 1.98. The van der Waals surface area contributed by atoms with Crippen LogP contribution >= 0.6 is 0 Å². The number of hydrogen-bond donors (Lipinski definition) is 1. The summed E-state index contributed by atoms with van der Waals surface area (Å²) in [5.74, 6) is 0. The second-order valence-electron chi connectivity index (χ2n) is 4.79. The van der Waals surface area contributed by atoms with Gasteiger partial charge in [-0.05, 0) is 47.0 Å². The molecule has 1 saturated heterocycles. The van der Waals surface area contributed by atoms with E-state index < -0.39 is 0 Å². The molecule has 1 fully saturated rings. The maximum absolute atomic E-state index is 9.80. The van der Waals surface area contributed by atoms with E-state index in [0.717, 1.165) is 12.8 Å². The average molecular weight is 260 g/mol. The van der Waals surface area contributed by atoms with Crippen LogP contribution in [0.25, 0.3) is 0 Å². The maximum Gasteiger partial charge on any atom is 1.00 e. The third-order valence-electron chi connectivity index (χ3n) is 2.72. The van der Waals surface area contributed by atoms with Gasteiger partial charge in [0.1, 0.15) is 0 Å². The van der Waals surface area contributed by atoms with E-state index in [1.54, 1.807) is 0 Å². The third kappa shape index (κ3) is 3.80. The van der Waals surface area contributed by atoms with Gasteiger partial charge in [0, 0.05) is 11.1 Å². The Bertz CT molecular complexity index is 146. The smallest absolute Gasteiger partial charge is 1.00 e. The van der Waals surface area contributed by atoms with E-state index in [9.17, 15) is 5.21 Å². The van der Waals surface area contributed by atoms with Gasteiger partial charge in [0.2, 0.25) is 0 Å². The third-order valence-corrected chi connectivity index (χ3v) is 2.72. The second kappa shape index (κ2) is 5.47. The summed E-state index contributed by atoms with van der Waals surface area (Å²) in [6.07, 6.45) is 3.40. The van der Waals surface area contributed by atoms with Crippen LogP contribution in [0.4, 0.5) is 0 Å². The number of halogens is 1. The first-order chi connectivity index (χ1) is 4.86. The van der Waals surface area contributed by atoms with Gasteiger partial charge >= 0.3 is 29.6 Å². The van der Waals surface area contributed by atoms with E-state index in [2.05, 4.69) is 27.7 Å². The first-order valence-electron chi connectivity index (χ1n) is 4.35. The summed E-state index contributed by atoms with van der Waals surface area (Å²) in [5, 5.41) is 11.3. The number of piperidine rings is 1. The maximum atomic E-state index is 9.80. The SMILES string of the molecule is CC1(C)CCCC(C)(C)N1O.[Br-].[Na+]. The standard InChI is InChI=1S/C9H19NO.BrH.Na/c1-8(2)6-5-7-9(3,4)10(8)11;;/h11H,5-7H2,1-4H3;1H;/q;;+1/p-1. The Balaban J connectivity index is 0.